The highest BCUT2D eigenvalue weighted by Gasteiger charge is 2.53. The highest BCUT2D eigenvalue weighted by molar-refractivity contribution is 5.63. The minimum atomic E-state index is 0.218. The van der Waals surface area contributed by atoms with Crippen LogP contribution in [0.15, 0.2) is 54.6 Å². The third-order valence-corrected chi connectivity index (χ3v) is 7.12. The third kappa shape index (κ3) is 2.33. The Labute approximate surface area is 145 Å². The second kappa shape index (κ2) is 5.46. The molecule has 1 atom stereocenters. The predicted molar refractivity (Wildman–Crippen MR) is 99.4 cm³/mol. The molecule has 0 spiro atoms. The smallest absolute Gasteiger partial charge is 0.0352 e. The van der Waals surface area contributed by atoms with Gasteiger partial charge in [0.2, 0.25) is 0 Å². The normalized spacial score (nSPS) is 35.1. The predicted octanol–water partition coefficient (Wildman–Crippen LogP) is 5.57. The monoisotopic (exact) mass is 317 g/mol. The molecule has 0 aromatic heterocycles. The van der Waals surface area contributed by atoms with Crippen LogP contribution in [0, 0.1) is 23.2 Å². The number of benzene rings is 2. The molecule has 1 nitrogen and oxygen atoms in total. The molecule has 124 valence electrons. The van der Waals surface area contributed by atoms with Gasteiger partial charge in [-0.3, -0.25) is 0 Å². The van der Waals surface area contributed by atoms with E-state index >= 15 is 0 Å². The number of hydrogen-bond donors (Lipinski definition) is 1. The molecule has 1 heteroatoms. The van der Waals surface area contributed by atoms with Gasteiger partial charge in [-0.15, -0.1) is 0 Å². The first kappa shape index (κ1) is 14.7. The summed E-state index contributed by atoms with van der Waals surface area (Å²) >= 11 is 0. The van der Waals surface area contributed by atoms with Gasteiger partial charge < -0.3 is 5.73 Å². The van der Waals surface area contributed by atoms with Crippen molar-refractivity contribution in [1.82, 2.24) is 0 Å². The molecule has 2 aromatic carbocycles. The van der Waals surface area contributed by atoms with E-state index in [9.17, 15) is 0 Å². The van der Waals surface area contributed by atoms with Gasteiger partial charge in [0, 0.05) is 6.04 Å². The summed E-state index contributed by atoms with van der Waals surface area (Å²) in [5.74, 6) is 2.89. The van der Waals surface area contributed by atoms with E-state index in [-0.39, 0.29) is 6.04 Å². The summed E-state index contributed by atoms with van der Waals surface area (Å²) in [7, 11) is 0. The van der Waals surface area contributed by atoms with Gasteiger partial charge in [0.1, 0.15) is 0 Å². The van der Waals surface area contributed by atoms with E-state index < -0.39 is 0 Å². The van der Waals surface area contributed by atoms with Crippen LogP contribution in [0.3, 0.4) is 0 Å². The zero-order valence-corrected chi connectivity index (χ0v) is 14.3. The molecule has 0 amide bonds. The fourth-order valence-corrected chi connectivity index (χ4v) is 6.43. The van der Waals surface area contributed by atoms with Crippen molar-refractivity contribution in [1.29, 1.82) is 0 Å². The summed E-state index contributed by atoms with van der Waals surface area (Å²) in [6.07, 6.45) is 8.58. The molecule has 4 aliphatic carbocycles. The van der Waals surface area contributed by atoms with Gasteiger partial charge in [-0.05, 0) is 78.4 Å². The summed E-state index contributed by atoms with van der Waals surface area (Å²) in [6, 6.07) is 19.9. The van der Waals surface area contributed by atoms with E-state index in [2.05, 4.69) is 54.6 Å². The zero-order chi connectivity index (χ0) is 16.1. The van der Waals surface area contributed by atoms with Crippen molar-refractivity contribution in [3.63, 3.8) is 0 Å². The fraction of sp³-hybridized carbons (Fsp3) is 0.478. The van der Waals surface area contributed by atoms with Gasteiger partial charge in [0.15, 0.2) is 0 Å². The zero-order valence-electron chi connectivity index (χ0n) is 14.3. The van der Waals surface area contributed by atoms with Crippen LogP contribution < -0.4 is 5.73 Å². The molecule has 2 N–H and O–H groups in total. The molecule has 0 aliphatic heterocycles. The Kier molecular flexibility index (Phi) is 3.35. The van der Waals surface area contributed by atoms with E-state index in [0.29, 0.717) is 5.41 Å². The summed E-state index contributed by atoms with van der Waals surface area (Å²) in [4.78, 5) is 0. The van der Waals surface area contributed by atoms with Crippen molar-refractivity contribution in [2.45, 2.75) is 44.6 Å². The first-order valence-electron chi connectivity index (χ1n) is 9.63. The van der Waals surface area contributed by atoms with Crippen LogP contribution in [0.4, 0.5) is 0 Å². The molecule has 0 heterocycles. The summed E-state index contributed by atoms with van der Waals surface area (Å²) in [5, 5.41) is 0. The topological polar surface area (TPSA) is 26.0 Å². The largest absolute Gasteiger partial charge is 0.323 e. The number of rotatable bonds is 3. The summed E-state index contributed by atoms with van der Waals surface area (Å²) < 4.78 is 0. The van der Waals surface area contributed by atoms with Gasteiger partial charge in [0.05, 0.1) is 0 Å². The first-order valence-corrected chi connectivity index (χ1v) is 9.63. The second-order valence-corrected chi connectivity index (χ2v) is 8.75. The van der Waals surface area contributed by atoms with Crippen LogP contribution in [-0.4, -0.2) is 0 Å². The van der Waals surface area contributed by atoms with E-state index in [0.717, 1.165) is 17.8 Å². The highest BCUT2D eigenvalue weighted by Crippen LogP contribution is 2.63. The van der Waals surface area contributed by atoms with Crippen molar-refractivity contribution >= 4 is 0 Å². The maximum Gasteiger partial charge on any atom is 0.0352 e. The molecule has 1 unspecified atom stereocenters. The Morgan fingerprint density at radius 3 is 1.75 bits per heavy atom. The van der Waals surface area contributed by atoms with Crippen molar-refractivity contribution < 1.29 is 0 Å². The minimum absolute atomic E-state index is 0.218. The van der Waals surface area contributed by atoms with Gasteiger partial charge >= 0.3 is 0 Å². The van der Waals surface area contributed by atoms with Crippen molar-refractivity contribution in [3.05, 3.63) is 60.2 Å². The van der Waals surface area contributed by atoms with Gasteiger partial charge in [-0.2, -0.15) is 0 Å². The molecular weight excluding hydrogens is 290 g/mol. The maximum atomic E-state index is 6.88. The van der Waals surface area contributed by atoms with Crippen LogP contribution in [0.5, 0.6) is 0 Å². The van der Waals surface area contributed by atoms with E-state index in [4.69, 9.17) is 5.73 Å². The average molecular weight is 317 g/mol. The Balaban J connectivity index is 1.42. The SMILES string of the molecule is NC(c1ccc(-c2ccccc2)cc1)C12CC3CC(CC(C3)C1)C2. The molecule has 24 heavy (non-hydrogen) atoms. The average Bonchev–Trinajstić information content (AvgIpc) is 2.61. The molecule has 2 aromatic rings. The van der Waals surface area contributed by atoms with Crippen LogP contribution in [0.25, 0.3) is 11.1 Å². The molecular formula is C23H27N. The molecule has 4 fully saturated rings. The lowest BCUT2D eigenvalue weighted by Gasteiger charge is -2.59. The Hall–Kier alpha value is -1.60. The standard InChI is InChI=1S/C23H27N/c24-22(23-13-16-10-17(14-23)12-18(11-16)15-23)21-8-6-20(7-9-21)19-4-2-1-3-5-19/h1-9,16-18,22H,10-15,24H2. The van der Waals surface area contributed by atoms with Gasteiger partial charge in [0.25, 0.3) is 0 Å². The van der Waals surface area contributed by atoms with Crippen LogP contribution in [0.1, 0.15) is 50.1 Å². The van der Waals surface area contributed by atoms with Crippen molar-refractivity contribution in [2.75, 3.05) is 0 Å². The highest BCUT2D eigenvalue weighted by atomic mass is 14.7. The summed E-state index contributed by atoms with van der Waals surface area (Å²) in [6.45, 7) is 0. The van der Waals surface area contributed by atoms with Gasteiger partial charge in [-0.1, -0.05) is 54.6 Å². The number of nitrogens with two attached hydrogens (primary N) is 1. The van der Waals surface area contributed by atoms with E-state index in [1.54, 1.807) is 0 Å². The summed E-state index contributed by atoms with van der Waals surface area (Å²) in [5.41, 5.74) is 11.2. The number of hydrogen-bond acceptors (Lipinski definition) is 1. The second-order valence-electron chi connectivity index (χ2n) is 8.75. The van der Waals surface area contributed by atoms with Crippen LogP contribution in [0.2, 0.25) is 0 Å². The molecule has 4 bridgehead atoms. The molecule has 0 radical (unpaired) electrons. The molecule has 4 aliphatic rings. The maximum absolute atomic E-state index is 6.88. The molecule has 0 saturated heterocycles. The Morgan fingerprint density at radius 1 is 0.708 bits per heavy atom. The fourth-order valence-electron chi connectivity index (χ4n) is 6.43. The van der Waals surface area contributed by atoms with E-state index in [1.165, 1.54) is 55.2 Å². The Bertz CT molecular complexity index is 680. The lowest BCUT2D eigenvalue weighted by atomic mass is 9.47. The van der Waals surface area contributed by atoms with Crippen LogP contribution >= 0.6 is 0 Å². The van der Waals surface area contributed by atoms with Crippen molar-refractivity contribution in [3.8, 4) is 11.1 Å². The minimum Gasteiger partial charge on any atom is -0.323 e. The molecule has 6 rings (SSSR count). The lowest BCUT2D eigenvalue weighted by Crippen LogP contribution is -2.50. The lowest BCUT2D eigenvalue weighted by molar-refractivity contribution is -0.0677. The van der Waals surface area contributed by atoms with Gasteiger partial charge in [-0.25, -0.2) is 0 Å². The first-order chi connectivity index (χ1) is 11.7. The Morgan fingerprint density at radius 2 is 1.21 bits per heavy atom. The molecule has 4 saturated carbocycles. The quantitative estimate of drug-likeness (QED) is 0.787. The van der Waals surface area contributed by atoms with Crippen molar-refractivity contribution in [2.24, 2.45) is 28.9 Å². The van der Waals surface area contributed by atoms with Crippen LogP contribution in [-0.2, 0) is 0 Å². The third-order valence-electron chi connectivity index (χ3n) is 7.12. The van der Waals surface area contributed by atoms with E-state index in [1.807, 2.05) is 0 Å².